The van der Waals surface area contributed by atoms with Crippen molar-refractivity contribution in [2.75, 3.05) is 6.54 Å². The molecule has 2 heteroatoms. The summed E-state index contributed by atoms with van der Waals surface area (Å²) >= 11 is 0. The molecule has 70 valence electrons. The van der Waals surface area contributed by atoms with Crippen LogP contribution in [0, 0.1) is 5.92 Å². The zero-order valence-electron chi connectivity index (χ0n) is 8.12. The highest BCUT2D eigenvalue weighted by Crippen LogP contribution is 2.26. The highest BCUT2D eigenvalue weighted by molar-refractivity contribution is 5.47. The highest BCUT2D eigenvalue weighted by Gasteiger charge is 2.21. The van der Waals surface area contributed by atoms with Gasteiger partial charge in [0.25, 0.3) is 0 Å². The molecule has 0 atom stereocenters. The predicted molar refractivity (Wildman–Crippen MR) is 49.9 cm³/mol. The van der Waals surface area contributed by atoms with Crippen LogP contribution >= 0.6 is 0 Å². The van der Waals surface area contributed by atoms with Crippen LogP contribution in [0.4, 0.5) is 0 Å². The highest BCUT2D eigenvalue weighted by atomic mass is 16.1. The maximum atomic E-state index is 10.6. The van der Waals surface area contributed by atoms with Crippen molar-refractivity contribution in [3.05, 3.63) is 0 Å². The first-order valence-corrected chi connectivity index (χ1v) is 4.99. The van der Waals surface area contributed by atoms with Crippen molar-refractivity contribution in [2.45, 2.75) is 45.6 Å². The minimum atomic E-state index is 0.531. The minimum Gasteiger partial charge on any atom is -0.343 e. The van der Waals surface area contributed by atoms with Gasteiger partial charge in [0.2, 0.25) is 6.41 Å². The molecule has 0 aromatic rings. The topological polar surface area (TPSA) is 20.3 Å². The third-order valence-corrected chi connectivity index (χ3v) is 2.95. The Balaban J connectivity index is 2.37. The normalized spacial score (nSPS) is 29.8. The molecule has 0 aromatic heterocycles. The molecular weight excluding hydrogens is 150 g/mol. The Bertz CT molecular complexity index is 139. The number of amides is 1. The summed E-state index contributed by atoms with van der Waals surface area (Å²) in [5.74, 6) is 0.867. The molecule has 0 unspecified atom stereocenters. The summed E-state index contributed by atoms with van der Waals surface area (Å²) in [6.07, 6.45) is 5.98. The lowest BCUT2D eigenvalue weighted by Crippen LogP contribution is -2.36. The number of nitrogens with zero attached hydrogens (tertiary/aromatic N) is 1. The Morgan fingerprint density at radius 2 is 1.92 bits per heavy atom. The molecule has 0 aromatic carbocycles. The Labute approximate surface area is 74.9 Å². The summed E-state index contributed by atoms with van der Waals surface area (Å²) in [6, 6.07) is 0.531. The van der Waals surface area contributed by atoms with Crippen LogP contribution in [0.5, 0.6) is 0 Å². The SMILES string of the molecule is CCN(C=O)C1CCC(C)CC1. The lowest BCUT2D eigenvalue weighted by Gasteiger charge is -2.32. The average Bonchev–Trinajstić information content (AvgIpc) is 2.10. The van der Waals surface area contributed by atoms with E-state index in [-0.39, 0.29) is 0 Å². The van der Waals surface area contributed by atoms with Crippen LogP contribution in [0.2, 0.25) is 0 Å². The van der Waals surface area contributed by atoms with Crippen molar-refractivity contribution in [3.63, 3.8) is 0 Å². The van der Waals surface area contributed by atoms with Crippen LogP contribution in [0.3, 0.4) is 0 Å². The van der Waals surface area contributed by atoms with E-state index in [0.29, 0.717) is 6.04 Å². The minimum absolute atomic E-state index is 0.531. The van der Waals surface area contributed by atoms with Gasteiger partial charge in [0.1, 0.15) is 0 Å². The van der Waals surface area contributed by atoms with Crippen molar-refractivity contribution < 1.29 is 4.79 Å². The number of rotatable bonds is 3. The number of carbonyl (C=O) groups excluding carboxylic acids is 1. The van der Waals surface area contributed by atoms with Gasteiger partial charge in [-0.05, 0) is 38.5 Å². The molecule has 1 saturated carbocycles. The second-order valence-electron chi connectivity index (χ2n) is 3.85. The van der Waals surface area contributed by atoms with E-state index < -0.39 is 0 Å². The van der Waals surface area contributed by atoms with Crippen molar-refractivity contribution in [3.8, 4) is 0 Å². The van der Waals surface area contributed by atoms with Crippen LogP contribution in [-0.2, 0) is 4.79 Å². The second-order valence-corrected chi connectivity index (χ2v) is 3.85. The fraction of sp³-hybridized carbons (Fsp3) is 0.900. The van der Waals surface area contributed by atoms with E-state index in [1.54, 1.807) is 0 Å². The lowest BCUT2D eigenvalue weighted by atomic mass is 9.87. The van der Waals surface area contributed by atoms with E-state index in [4.69, 9.17) is 0 Å². The van der Waals surface area contributed by atoms with E-state index in [1.807, 2.05) is 11.8 Å². The standard InChI is InChI=1S/C10H19NO/c1-3-11(8-12)10-6-4-9(2)5-7-10/h8-10H,3-7H2,1-2H3. The molecule has 1 rings (SSSR count). The molecule has 1 fully saturated rings. The first-order chi connectivity index (χ1) is 5.77. The first-order valence-electron chi connectivity index (χ1n) is 4.99. The summed E-state index contributed by atoms with van der Waals surface area (Å²) in [5, 5.41) is 0. The zero-order valence-corrected chi connectivity index (χ0v) is 8.12. The van der Waals surface area contributed by atoms with Crippen LogP contribution in [0.15, 0.2) is 0 Å². The van der Waals surface area contributed by atoms with Crippen LogP contribution in [0.1, 0.15) is 39.5 Å². The van der Waals surface area contributed by atoms with Gasteiger partial charge in [-0.1, -0.05) is 6.92 Å². The Morgan fingerprint density at radius 3 is 2.33 bits per heavy atom. The summed E-state index contributed by atoms with van der Waals surface area (Å²) in [6.45, 7) is 5.21. The van der Waals surface area contributed by atoms with Crippen molar-refractivity contribution in [2.24, 2.45) is 5.92 Å². The second kappa shape index (κ2) is 4.48. The fourth-order valence-electron chi connectivity index (χ4n) is 1.99. The maximum absolute atomic E-state index is 10.6. The summed E-state index contributed by atoms with van der Waals surface area (Å²) in [4.78, 5) is 12.6. The van der Waals surface area contributed by atoms with Gasteiger partial charge in [-0.25, -0.2) is 0 Å². The molecule has 0 aliphatic heterocycles. The van der Waals surface area contributed by atoms with Gasteiger partial charge in [0.15, 0.2) is 0 Å². The molecule has 0 heterocycles. The van der Waals surface area contributed by atoms with E-state index in [0.717, 1.165) is 18.9 Å². The summed E-state index contributed by atoms with van der Waals surface area (Å²) < 4.78 is 0. The molecule has 1 aliphatic carbocycles. The molecular formula is C10H19NO. The summed E-state index contributed by atoms with van der Waals surface area (Å²) in [7, 11) is 0. The molecule has 0 N–H and O–H groups in total. The van der Waals surface area contributed by atoms with Crippen molar-refractivity contribution >= 4 is 6.41 Å². The van der Waals surface area contributed by atoms with Crippen LogP contribution in [-0.4, -0.2) is 23.9 Å². The fourth-order valence-corrected chi connectivity index (χ4v) is 1.99. The molecule has 0 radical (unpaired) electrons. The van der Waals surface area contributed by atoms with E-state index in [9.17, 15) is 4.79 Å². The lowest BCUT2D eigenvalue weighted by molar-refractivity contribution is -0.120. The maximum Gasteiger partial charge on any atom is 0.209 e. The number of hydrogen-bond acceptors (Lipinski definition) is 1. The zero-order chi connectivity index (χ0) is 8.97. The molecule has 1 aliphatic rings. The molecule has 12 heavy (non-hydrogen) atoms. The van der Waals surface area contributed by atoms with Gasteiger partial charge < -0.3 is 4.90 Å². The van der Waals surface area contributed by atoms with E-state index in [2.05, 4.69) is 6.92 Å². The van der Waals surface area contributed by atoms with Gasteiger partial charge >= 0.3 is 0 Å². The van der Waals surface area contributed by atoms with E-state index in [1.165, 1.54) is 25.7 Å². The predicted octanol–water partition coefficient (Wildman–Crippen LogP) is 2.04. The van der Waals surface area contributed by atoms with Crippen LogP contribution in [0.25, 0.3) is 0 Å². The Hall–Kier alpha value is -0.530. The molecule has 0 saturated heterocycles. The van der Waals surface area contributed by atoms with Gasteiger partial charge in [-0.3, -0.25) is 4.79 Å². The van der Waals surface area contributed by atoms with E-state index >= 15 is 0 Å². The van der Waals surface area contributed by atoms with Gasteiger partial charge in [0, 0.05) is 12.6 Å². The third kappa shape index (κ3) is 2.23. The Kier molecular flexibility index (Phi) is 3.57. The number of carbonyl (C=O) groups is 1. The van der Waals surface area contributed by atoms with Gasteiger partial charge in [0.05, 0.1) is 0 Å². The van der Waals surface area contributed by atoms with Crippen LogP contribution < -0.4 is 0 Å². The Morgan fingerprint density at radius 1 is 1.33 bits per heavy atom. The smallest absolute Gasteiger partial charge is 0.209 e. The average molecular weight is 169 g/mol. The van der Waals surface area contributed by atoms with Gasteiger partial charge in [-0.2, -0.15) is 0 Å². The molecule has 1 amide bonds. The molecule has 0 spiro atoms. The third-order valence-electron chi connectivity index (χ3n) is 2.95. The van der Waals surface area contributed by atoms with Crippen molar-refractivity contribution in [1.29, 1.82) is 0 Å². The summed E-state index contributed by atoms with van der Waals surface area (Å²) in [5.41, 5.74) is 0. The first kappa shape index (κ1) is 9.56. The molecule has 2 nitrogen and oxygen atoms in total. The van der Waals surface area contributed by atoms with Gasteiger partial charge in [-0.15, -0.1) is 0 Å². The van der Waals surface area contributed by atoms with Crippen molar-refractivity contribution in [1.82, 2.24) is 4.90 Å². The molecule has 0 bridgehead atoms. The quantitative estimate of drug-likeness (QED) is 0.592. The largest absolute Gasteiger partial charge is 0.343 e. The number of hydrogen-bond donors (Lipinski definition) is 0. The monoisotopic (exact) mass is 169 g/mol.